The summed E-state index contributed by atoms with van der Waals surface area (Å²) in [4.78, 5) is 37.5. The van der Waals surface area contributed by atoms with Crippen LogP contribution in [0.3, 0.4) is 0 Å². The summed E-state index contributed by atoms with van der Waals surface area (Å²) in [5, 5.41) is 16.0. The molecule has 2 aromatic rings. The molecule has 2 unspecified atom stereocenters. The summed E-state index contributed by atoms with van der Waals surface area (Å²) >= 11 is 0. The van der Waals surface area contributed by atoms with Crippen molar-refractivity contribution in [2.45, 2.75) is 25.4 Å². The minimum Gasteiger partial charge on any atom is -0.478 e. The molecule has 1 saturated heterocycles. The van der Waals surface area contributed by atoms with Gasteiger partial charge in [-0.2, -0.15) is 5.10 Å². The smallest absolute Gasteiger partial charge is 0.335 e. The molecule has 1 aromatic heterocycles. The Morgan fingerprint density at radius 2 is 1.96 bits per heavy atom. The van der Waals surface area contributed by atoms with Crippen LogP contribution in [0.25, 0.3) is 0 Å². The third-order valence-electron chi connectivity index (χ3n) is 4.93. The second-order valence-electron chi connectivity index (χ2n) is 6.76. The van der Waals surface area contributed by atoms with Crippen molar-refractivity contribution in [2.75, 3.05) is 7.05 Å². The first-order valence-corrected chi connectivity index (χ1v) is 8.71. The van der Waals surface area contributed by atoms with Gasteiger partial charge in [-0.05, 0) is 24.1 Å². The first-order chi connectivity index (χ1) is 12.9. The van der Waals surface area contributed by atoms with Crippen LogP contribution in [0.2, 0.25) is 0 Å². The zero-order valence-corrected chi connectivity index (χ0v) is 15.3. The highest BCUT2D eigenvalue weighted by atomic mass is 16.4. The van der Waals surface area contributed by atoms with Crippen LogP contribution in [-0.2, 0) is 23.2 Å². The fourth-order valence-electron chi connectivity index (χ4n) is 3.45. The quantitative estimate of drug-likeness (QED) is 0.827. The zero-order chi connectivity index (χ0) is 19.6. The lowest BCUT2D eigenvalue weighted by Crippen LogP contribution is -2.46. The summed E-state index contributed by atoms with van der Waals surface area (Å²) in [7, 11) is 3.51. The van der Waals surface area contributed by atoms with Gasteiger partial charge in [0.25, 0.3) is 0 Å². The molecule has 8 heteroatoms. The molecule has 2 amide bonds. The molecule has 1 aliphatic heterocycles. The molecular weight excluding hydrogens is 348 g/mol. The van der Waals surface area contributed by atoms with Crippen LogP contribution in [0.4, 0.5) is 0 Å². The van der Waals surface area contributed by atoms with Gasteiger partial charge in [0.15, 0.2) is 0 Å². The molecule has 0 saturated carbocycles. The minimum absolute atomic E-state index is 0.0113. The van der Waals surface area contributed by atoms with E-state index in [-0.39, 0.29) is 29.3 Å². The number of likely N-dealkylation sites (tertiary alicyclic amines) is 1. The molecule has 3 rings (SSSR count). The predicted molar refractivity (Wildman–Crippen MR) is 96.7 cm³/mol. The average Bonchev–Trinajstić information content (AvgIpc) is 3.08. The Labute approximate surface area is 156 Å². The lowest BCUT2D eigenvalue weighted by Gasteiger charge is -2.37. The number of nitrogens with one attached hydrogen (secondary N) is 1. The van der Waals surface area contributed by atoms with Gasteiger partial charge in [0.1, 0.15) is 0 Å². The van der Waals surface area contributed by atoms with E-state index >= 15 is 0 Å². The van der Waals surface area contributed by atoms with Crippen molar-refractivity contribution >= 4 is 17.8 Å². The molecule has 2 N–H and O–H groups in total. The zero-order valence-electron chi connectivity index (χ0n) is 15.3. The van der Waals surface area contributed by atoms with E-state index < -0.39 is 5.97 Å². The Hall–Kier alpha value is -3.16. The Kier molecular flexibility index (Phi) is 5.25. The highest BCUT2D eigenvalue weighted by molar-refractivity contribution is 5.87. The van der Waals surface area contributed by atoms with Gasteiger partial charge in [-0.3, -0.25) is 14.3 Å². The molecule has 1 fully saturated rings. The fourth-order valence-corrected chi connectivity index (χ4v) is 3.45. The third kappa shape index (κ3) is 3.99. The van der Waals surface area contributed by atoms with Gasteiger partial charge in [-0.15, -0.1) is 0 Å². The number of hydrogen-bond acceptors (Lipinski definition) is 4. The monoisotopic (exact) mass is 370 g/mol. The number of aromatic carboxylic acids is 1. The van der Waals surface area contributed by atoms with Crippen molar-refractivity contribution in [3.05, 3.63) is 53.3 Å². The van der Waals surface area contributed by atoms with Crippen molar-refractivity contribution in [1.29, 1.82) is 0 Å². The number of rotatable bonds is 5. The Bertz CT molecular complexity index is 859. The molecule has 142 valence electrons. The van der Waals surface area contributed by atoms with Gasteiger partial charge in [-0.1, -0.05) is 12.1 Å². The van der Waals surface area contributed by atoms with E-state index in [1.54, 1.807) is 42.0 Å². The number of piperidine rings is 1. The standard InChI is InChI=1S/C19H22N4O4/c1-22-11-14(10-21-22)17-15(7-8-16(24)23(17)2)18(25)20-9-12-3-5-13(6-4-12)19(26)27/h3-6,10-11,15,17H,7-9H2,1-2H3,(H,20,25)(H,26,27). The lowest BCUT2D eigenvalue weighted by molar-refractivity contribution is -0.141. The molecule has 27 heavy (non-hydrogen) atoms. The normalized spacial score (nSPS) is 19.8. The number of carboxylic acid groups (broad SMARTS) is 1. The number of carboxylic acids is 1. The SMILES string of the molecule is CN1C(=O)CCC(C(=O)NCc2ccc(C(=O)O)cc2)C1c1cnn(C)c1. The minimum atomic E-state index is -0.986. The van der Waals surface area contributed by atoms with E-state index in [1.165, 1.54) is 12.1 Å². The summed E-state index contributed by atoms with van der Waals surface area (Å²) < 4.78 is 1.65. The van der Waals surface area contributed by atoms with Crippen molar-refractivity contribution in [3.63, 3.8) is 0 Å². The third-order valence-corrected chi connectivity index (χ3v) is 4.93. The Morgan fingerprint density at radius 1 is 1.26 bits per heavy atom. The van der Waals surface area contributed by atoms with Crippen molar-refractivity contribution in [3.8, 4) is 0 Å². The van der Waals surface area contributed by atoms with Gasteiger partial charge >= 0.3 is 5.97 Å². The van der Waals surface area contributed by atoms with Gasteiger partial charge in [0.05, 0.1) is 23.7 Å². The predicted octanol–water partition coefficient (Wildman–Crippen LogP) is 1.34. The number of aryl methyl sites for hydroxylation is 1. The number of aromatic nitrogens is 2. The summed E-state index contributed by atoms with van der Waals surface area (Å²) in [6.45, 7) is 0.298. The first-order valence-electron chi connectivity index (χ1n) is 8.71. The van der Waals surface area contributed by atoms with E-state index in [0.29, 0.717) is 19.4 Å². The number of amides is 2. The Balaban J connectivity index is 1.71. The maximum Gasteiger partial charge on any atom is 0.335 e. The maximum atomic E-state index is 12.8. The first kappa shape index (κ1) is 18.6. The molecule has 1 aromatic carbocycles. The van der Waals surface area contributed by atoms with E-state index in [1.807, 2.05) is 6.20 Å². The molecule has 2 atom stereocenters. The van der Waals surface area contributed by atoms with Crippen molar-refractivity contribution in [1.82, 2.24) is 20.0 Å². The van der Waals surface area contributed by atoms with Crippen molar-refractivity contribution < 1.29 is 19.5 Å². The number of benzene rings is 1. The van der Waals surface area contributed by atoms with E-state index in [4.69, 9.17) is 5.11 Å². The molecule has 2 heterocycles. The topological polar surface area (TPSA) is 105 Å². The van der Waals surface area contributed by atoms with E-state index in [9.17, 15) is 14.4 Å². The summed E-state index contributed by atoms with van der Waals surface area (Å²) in [6, 6.07) is 6.02. The number of carbonyl (C=O) groups is 3. The molecule has 0 spiro atoms. The van der Waals surface area contributed by atoms with Crippen LogP contribution >= 0.6 is 0 Å². The summed E-state index contributed by atoms with van der Waals surface area (Å²) in [5.41, 5.74) is 1.85. The van der Waals surface area contributed by atoms with Gasteiger partial charge in [0.2, 0.25) is 11.8 Å². The largest absolute Gasteiger partial charge is 0.478 e. The highest BCUT2D eigenvalue weighted by Crippen LogP contribution is 2.35. The van der Waals surface area contributed by atoms with Crippen LogP contribution in [0.1, 0.15) is 40.4 Å². The highest BCUT2D eigenvalue weighted by Gasteiger charge is 2.39. The molecular formula is C19H22N4O4. The van der Waals surface area contributed by atoms with Crippen LogP contribution in [0.5, 0.6) is 0 Å². The van der Waals surface area contributed by atoms with Crippen molar-refractivity contribution in [2.24, 2.45) is 13.0 Å². The fraction of sp³-hybridized carbons (Fsp3) is 0.368. The molecule has 0 aliphatic carbocycles. The van der Waals surface area contributed by atoms with Gasteiger partial charge < -0.3 is 15.3 Å². The molecule has 0 bridgehead atoms. The second kappa shape index (κ2) is 7.61. The lowest BCUT2D eigenvalue weighted by atomic mass is 9.85. The van der Waals surface area contributed by atoms with E-state index in [0.717, 1.165) is 11.1 Å². The summed E-state index contributed by atoms with van der Waals surface area (Å²) in [6.07, 6.45) is 4.32. The second-order valence-corrected chi connectivity index (χ2v) is 6.76. The van der Waals surface area contributed by atoms with Gasteiger partial charge in [0, 0.05) is 38.8 Å². The number of hydrogen-bond donors (Lipinski definition) is 2. The molecule has 8 nitrogen and oxygen atoms in total. The Morgan fingerprint density at radius 3 is 2.56 bits per heavy atom. The van der Waals surface area contributed by atoms with Crippen LogP contribution in [0, 0.1) is 5.92 Å². The van der Waals surface area contributed by atoms with E-state index in [2.05, 4.69) is 10.4 Å². The van der Waals surface area contributed by atoms with Gasteiger partial charge in [-0.25, -0.2) is 4.79 Å². The average molecular weight is 370 g/mol. The number of carbonyl (C=O) groups excluding carboxylic acids is 2. The molecule has 0 radical (unpaired) electrons. The van der Waals surface area contributed by atoms with Crippen LogP contribution in [-0.4, -0.2) is 44.6 Å². The van der Waals surface area contributed by atoms with Crippen LogP contribution < -0.4 is 5.32 Å². The van der Waals surface area contributed by atoms with Crippen LogP contribution in [0.15, 0.2) is 36.7 Å². The number of nitrogens with zero attached hydrogens (tertiary/aromatic N) is 3. The maximum absolute atomic E-state index is 12.8. The summed E-state index contributed by atoms with van der Waals surface area (Å²) in [5.74, 6) is -1.47. The molecule has 1 aliphatic rings.